The van der Waals surface area contributed by atoms with Crippen molar-refractivity contribution in [2.24, 2.45) is 0 Å². The van der Waals surface area contributed by atoms with Crippen LogP contribution in [0, 0.1) is 12.7 Å². The third-order valence-corrected chi connectivity index (χ3v) is 7.39. The van der Waals surface area contributed by atoms with E-state index in [1.165, 1.54) is 12.1 Å². The summed E-state index contributed by atoms with van der Waals surface area (Å²) in [6.07, 6.45) is 0.793. The minimum atomic E-state index is -0.578. The molecule has 0 aliphatic heterocycles. The predicted molar refractivity (Wildman–Crippen MR) is 151 cm³/mol. The summed E-state index contributed by atoms with van der Waals surface area (Å²) in [7, 11) is 0. The van der Waals surface area contributed by atoms with Crippen molar-refractivity contribution >= 4 is 10.9 Å². The standard InChI is InChI=1S/C31H33FN6O/c1-5-31(3,4)38-29(34-35-36-38)28(26-18-24-14-11-21(2)17-27(24)33-30(26)39)37(19-22-9-7-6-8-10-22)20-23-12-15-25(32)16-13-23/h6-18,28H,5,19-20H2,1-4H3,(H,33,39)/t28-/m1/s1. The second-order valence-electron chi connectivity index (χ2n) is 10.7. The maximum atomic E-state index is 13.8. The Morgan fingerprint density at radius 1 is 0.974 bits per heavy atom. The zero-order valence-electron chi connectivity index (χ0n) is 22.7. The van der Waals surface area contributed by atoms with Crippen molar-refractivity contribution < 1.29 is 4.39 Å². The van der Waals surface area contributed by atoms with Gasteiger partial charge in [0.1, 0.15) is 11.9 Å². The quantitative estimate of drug-likeness (QED) is 0.260. The molecule has 1 N–H and O–H groups in total. The number of pyridine rings is 1. The summed E-state index contributed by atoms with van der Waals surface area (Å²) in [4.78, 5) is 19.0. The molecule has 1 atom stereocenters. The Morgan fingerprint density at radius 3 is 2.36 bits per heavy atom. The molecule has 0 unspecified atom stereocenters. The van der Waals surface area contributed by atoms with Gasteiger partial charge in [0.2, 0.25) is 0 Å². The second kappa shape index (κ2) is 10.9. The first kappa shape index (κ1) is 26.4. The number of hydrogen-bond donors (Lipinski definition) is 1. The van der Waals surface area contributed by atoms with Crippen molar-refractivity contribution in [2.75, 3.05) is 0 Å². The molecule has 0 amide bonds. The second-order valence-corrected chi connectivity index (χ2v) is 10.7. The first-order valence-corrected chi connectivity index (χ1v) is 13.2. The van der Waals surface area contributed by atoms with Crippen LogP contribution < -0.4 is 5.56 Å². The fourth-order valence-corrected chi connectivity index (χ4v) is 4.86. The Balaban J connectivity index is 1.73. The third-order valence-electron chi connectivity index (χ3n) is 7.39. The van der Waals surface area contributed by atoms with Gasteiger partial charge in [-0.3, -0.25) is 9.69 Å². The van der Waals surface area contributed by atoms with E-state index in [-0.39, 0.29) is 16.9 Å². The molecule has 0 spiro atoms. The van der Waals surface area contributed by atoms with Crippen LogP contribution in [-0.4, -0.2) is 30.1 Å². The highest BCUT2D eigenvalue weighted by atomic mass is 19.1. The van der Waals surface area contributed by atoms with Crippen LogP contribution in [0.1, 0.15) is 61.3 Å². The predicted octanol–water partition coefficient (Wildman–Crippen LogP) is 5.90. The van der Waals surface area contributed by atoms with Gasteiger partial charge in [0.25, 0.3) is 5.56 Å². The highest BCUT2D eigenvalue weighted by Gasteiger charge is 2.34. The molecule has 200 valence electrons. The summed E-state index contributed by atoms with van der Waals surface area (Å²) < 4.78 is 15.6. The van der Waals surface area contributed by atoms with E-state index >= 15 is 0 Å². The van der Waals surface area contributed by atoms with E-state index in [1.807, 2.05) is 54.1 Å². The fourth-order valence-electron chi connectivity index (χ4n) is 4.86. The number of aryl methyl sites for hydroxylation is 1. The molecule has 5 rings (SSSR count). The highest BCUT2D eigenvalue weighted by Crippen LogP contribution is 2.33. The minimum absolute atomic E-state index is 0.195. The van der Waals surface area contributed by atoms with Gasteiger partial charge in [-0.1, -0.05) is 61.5 Å². The molecule has 0 saturated heterocycles. The van der Waals surface area contributed by atoms with Crippen LogP contribution >= 0.6 is 0 Å². The van der Waals surface area contributed by atoms with Crippen LogP contribution in [0.3, 0.4) is 0 Å². The van der Waals surface area contributed by atoms with Gasteiger partial charge in [-0.2, -0.15) is 0 Å². The third kappa shape index (κ3) is 5.66. The average Bonchev–Trinajstić information content (AvgIpc) is 3.41. The van der Waals surface area contributed by atoms with Crippen molar-refractivity contribution in [3.05, 3.63) is 123 Å². The Hall–Kier alpha value is -4.17. The molecule has 3 aromatic carbocycles. The Kier molecular flexibility index (Phi) is 7.39. The summed E-state index contributed by atoms with van der Waals surface area (Å²) in [5.41, 5.74) is 3.81. The van der Waals surface area contributed by atoms with Crippen molar-refractivity contribution in [3.63, 3.8) is 0 Å². The summed E-state index contributed by atoms with van der Waals surface area (Å²) in [5, 5.41) is 13.9. The first-order chi connectivity index (χ1) is 18.7. The number of aromatic amines is 1. The molecule has 39 heavy (non-hydrogen) atoms. The van der Waals surface area contributed by atoms with Gasteiger partial charge in [-0.05, 0) is 84.0 Å². The zero-order valence-corrected chi connectivity index (χ0v) is 22.7. The van der Waals surface area contributed by atoms with E-state index in [2.05, 4.69) is 58.3 Å². The van der Waals surface area contributed by atoms with E-state index in [4.69, 9.17) is 0 Å². The number of hydrogen-bond acceptors (Lipinski definition) is 5. The maximum absolute atomic E-state index is 13.8. The molecule has 2 aromatic heterocycles. The number of rotatable bonds is 9. The summed E-state index contributed by atoms with van der Waals surface area (Å²) in [5.74, 6) is 0.289. The monoisotopic (exact) mass is 524 g/mol. The first-order valence-electron chi connectivity index (χ1n) is 13.2. The van der Waals surface area contributed by atoms with E-state index < -0.39 is 6.04 Å². The summed E-state index contributed by atoms with van der Waals surface area (Å²) in [6, 6.07) is 23.9. The molecule has 0 radical (unpaired) electrons. The van der Waals surface area contributed by atoms with Crippen LogP contribution in [0.5, 0.6) is 0 Å². The molecule has 7 nitrogen and oxygen atoms in total. The van der Waals surface area contributed by atoms with Gasteiger partial charge in [0.15, 0.2) is 5.82 Å². The van der Waals surface area contributed by atoms with Gasteiger partial charge in [0.05, 0.1) is 5.54 Å². The SMILES string of the molecule is CCC(C)(C)n1nnnc1[C@@H](c1cc2ccc(C)cc2[nH]c1=O)N(Cc1ccccc1)Cc1ccc(F)cc1. The van der Waals surface area contributed by atoms with E-state index in [0.717, 1.165) is 34.0 Å². The van der Waals surface area contributed by atoms with Crippen LogP contribution in [0.2, 0.25) is 0 Å². The molecule has 5 aromatic rings. The van der Waals surface area contributed by atoms with Crippen molar-refractivity contribution in [1.82, 2.24) is 30.1 Å². The van der Waals surface area contributed by atoms with Gasteiger partial charge in [0, 0.05) is 24.2 Å². The maximum Gasteiger partial charge on any atom is 0.253 e. The highest BCUT2D eigenvalue weighted by molar-refractivity contribution is 5.79. The number of halogens is 1. The Labute approximate surface area is 227 Å². The largest absolute Gasteiger partial charge is 0.322 e. The van der Waals surface area contributed by atoms with Gasteiger partial charge in [-0.25, -0.2) is 9.07 Å². The normalized spacial score (nSPS) is 12.8. The summed E-state index contributed by atoms with van der Waals surface area (Å²) in [6.45, 7) is 9.22. The lowest BCUT2D eigenvalue weighted by atomic mass is 9.98. The summed E-state index contributed by atoms with van der Waals surface area (Å²) >= 11 is 0. The van der Waals surface area contributed by atoms with Crippen LogP contribution in [0.25, 0.3) is 10.9 Å². The number of nitrogens with one attached hydrogen (secondary N) is 1. The number of H-pyrrole nitrogens is 1. The molecule has 0 fully saturated rings. The lowest BCUT2D eigenvalue weighted by molar-refractivity contribution is 0.180. The smallest absolute Gasteiger partial charge is 0.253 e. The number of aromatic nitrogens is 5. The van der Waals surface area contributed by atoms with Crippen molar-refractivity contribution in [1.29, 1.82) is 0 Å². The molecule has 0 aliphatic carbocycles. The topological polar surface area (TPSA) is 79.7 Å². The number of fused-ring (bicyclic) bond motifs is 1. The van der Waals surface area contributed by atoms with Crippen LogP contribution in [0.15, 0.2) is 83.7 Å². The van der Waals surface area contributed by atoms with E-state index in [9.17, 15) is 9.18 Å². The fraction of sp³-hybridized carbons (Fsp3) is 0.290. The molecular formula is C31H33FN6O. The Morgan fingerprint density at radius 2 is 1.67 bits per heavy atom. The minimum Gasteiger partial charge on any atom is -0.322 e. The molecule has 0 aliphatic rings. The number of benzene rings is 3. The van der Waals surface area contributed by atoms with Gasteiger partial charge >= 0.3 is 0 Å². The molecular weight excluding hydrogens is 491 g/mol. The van der Waals surface area contributed by atoms with Gasteiger partial charge in [-0.15, -0.1) is 5.10 Å². The van der Waals surface area contributed by atoms with Crippen molar-refractivity contribution in [2.45, 2.75) is 58.8 Å². The average molecular weight is 525 g/mol. The lowest BCUT2D eigenvalue weighted by Crippen LogP contribution is -2.38. The van der Waals surface area contributed by atoms with E-state index in [1.54, 1.807) is 12.1 Å². The lowest BCUT2D eigenvalue weighted by Gasteiger charge is -2.33. The molecule has 8 heteroatoms. The molecule has 0 saturated carbocycles. The number of nitrogens with zero attached hydrogens (tertiary/aromatic N) is 5. The van der Waals surface area contributed by atoms with E-state index in [0.29, 0.717) is 24.5 Å². The number of tetrazole rings is 1. The van der Waals surface area contributed by atoms with Crippen LogP contribution in [0.4, 0.5) is 4.39 Å². The van der Waals surface area contributed by atoms with Crippen LogP contribution in [-0.2, 0) is 18.6 Å². The molecule has 2 heterocycles. The zero-order chi connectivity index (χ0) is 27.6. The Bertz CT molecular complexity index is 1630. The van der Waals surface area contributed by atoms with Gasteiger partial charge < -0.3 is 4.98 Å². The molecule has 0 bridgehead atoms. The van der Waals surface area contributed by atoms with Crippen molar-refractivity contribution in [3.8, 4) is 0 Å².